The van der Waals surface area contributed by atoms with Crippen molar-refractivity contribution >= 4 is 5.97 Å². The Morgan fingerprint density at radius 3 is 3.00 bits per heavy atom. The molecule has 1 heterocycles. The lowest BCUT2D eigenvalue weighted by atomic mass is 9.50. The summed E-state index contributed by atoms with van der Waals surface area (Å²) in [5, 5.41) is 10.2. The van der Waals surface area contributed by atoms with Gasteiger partial charge in [-0.05, 0) is 24.7 Å². The number of rotatable bonds is 0. The molecule has 1 aliphatic heterocycles. The van der Waals surface area contributed by atoms with Gasteiger partial charge in [0.15, 0.2) is 0 Å². The second kappa shape index (κ2) is 2.27. The average Bonchev–Trinajstić information content (AvgIpc) is 2.38. The number of aliphatic hydroxyl groups is 1. The maximum atomic E-state index is 11.3. The summed E-state index contributed by atoms with van der Waals surface area (Å²) >= 11 is 0. The Hall–Kier alpha value is -0.570. The van der Waals surface area contributed by atoms with Gasteiger partial charge in [-0.15, -0.1) is 0 Å². The fraction of sp³-hybridized carbons (Fsp3) is 0.900. The number of carbonyl (C=O) groups excluding carboxylic acids is 1. The van der Waals surface area contributed by atoms with E-state index in [9.17, 15) is 9.90 Å². The largest absolute Gasteiger partial charge is 0.462 e. The minimum Gasteiger partial charge on any atom is -0.462 e. The molecule has 1 N–H and O–H groups in total. The third kappa shape index (κ3) is 0.766. The Morgan fingerprint density at radius 1 is 1.38 bits per heavy atom. The van der Waals surface area contributed by atoms with Gasteiger partial charge in [-0.25, -0.2) is 0 Å². The predicted octanol–water partition coefficient (Wildman–Crippen LogP) is 0.710. The van der Waals surface area contributed by atoms with Crippen LogP contribution in [0.2, 0.25) is 0 Å². The van der Waals surface area contributed by atoms with E-state index < -0.39 is 5.60 Å². The molecule has 2 saturated carbocycles. The Kier molecular flexibility index (Phi) is 1.36. The van der Waals surface area contributed by atoms with Gasteiger partial charge in [0.2, 0.25) is 0 Å². The van der Waals surface area contributed by atoms with Gasteiger partial charge < -0.3 is 9.84 Å². The Bertz CT molecular complexity index is 263. The van der Waals surface area contributed by atoms with Crippen LogP contribution in [-0.2, 0) is 9.53 Å². The summed E-state index contributed by atoms with van der Waals surface area (Å²) in [6, 6.07) is 0. The summed E-state index contributed by atoms with van der Waals surface area (Å²) < 4.78 is 4.95. The number of esters is 1. The quantitative estimate of drug-likeness (QED) is 0.561. The average molecular weight is 182 g/mol. The molecule has 3 aliphatic rings. The molecule has 3 rings (SSSR count). The molecule has 2 aliphatic carbocycles. The molecular weight excluding hydrogens is 168 g/mol. The van der Waals surface area contributed by atoms with Gasteiger partial charge in [0.05, 0.1) is 5.92 Å². The molecule has 3 nitrogen and oxygen atoms in total. The van der Waals surface area contributed by atoms with E-state index in [1.54, 1.807) is 0 Å². The molecule has 0 aromatic heterocycles. The SMILES string of the molecule is O=C1OC[C@@]2(O)[C@@H]3CCCC[C@@H]3[C@@H]12. The molecule has 0 bridgehead atoms. The van der Waals surface area contributed by atoms with Crippen LogP contribution in [0.4, 0.5) is 0 Å². The van der Waals surface area contributed by atoms with Crippen molar-refractivity contribution in [1.29, 1.82) is 0 Å². The van der Waals surface area contributed by atoms with Crippen molar-refractivity contribution in [2.45, 2.75) is 31.3 Å². The van der Waals surface area contributed by atoms with E-state index in [0.29, 0.717) is 11.8 Å². The van der Waals surface area contributed by atoms with Gasteiger partial charge in [-0.2, -0.15) is 0 Å². The topological polar surface area (TPSA) is 46.5 Å². The molecule has 1 saturated heterocycles. The molecular formula is C10H14O3. The molecule has 4 atom stereocenters. The number of carbonyl (C=O) groups is 1. The molecule has 0 amide bonds. The normalized spacial score (nSPS) is 53.3. The zero-order valence-corrected chi connectivity index (χ0v) is 7.53. The molecule has 0 aromatic carbocycles. The van der Waals surface area contributed by atoms with Crippen molar-refractivity contribution in [2.24, 2.45) is 17.8 Å². The van der Waals surface area contributed by atoms with Crippen molar-refractivity contribution in [3.8, 4) is 0 Å². The summed E-state index contributed by atoms with van der Waals surface area (Å²) in [6.07, 6.45) is 4.59. The van der Waals surface area contributed by atoms with E-state index in [1.807, 2.05) is 0 Å². The molecule has 0 aromatic rings. The summed E-state index contributed by atoms with van der Waals surface area (Å²) in [5.41, 5.74) is -0.776. The summed E-state index contributed by atoms with van der Waals surface area (Å²) in [5.74, 6) is 0.426. The van der Waals surface area contributed by atoms with Crippen LogP contribution in [-0.4, -0.2) is 23.3 Å². The molecule has 13 heavy (non-hydrogen) atoms. The zero-order valence-electron chi connectivity index (χ0n) is 7.53. The van der Waals surface area contributed by atoms with Crippen LogP contribution < -0.4 is 0 Å². The Labute approximate surface area is 77.1 Å². The molecule has 0 spiro atoms. The van der Waals surface area contributed by atoms with Gasteiger partial charge in [0.25, 0.3) is 0 Å². The molecule has 3 heteroatoms. The summed E-state index contributed by atoms with van der Waals surface area (Å²) in [6.45, 7) is 0.248. The molecule has 72 valence electrons. The van der Waals surface area contributed by atoms with Crippen molar-refractivity contribution in [3.63, 3.8) is 0 Å². The highest BCUT2D eigenvalue weighted by Gasteiger charge is 2.68. The number of ether oxygens (including phenoxy) is 1. The maximum absolute atomic E-state index is 11.3. The van der Waals surface area contributed by atoms with E-state index in [1.165, 1.54) is 12.8 Å². The fourth-order valence-electron chi connectivity index (χ4n) is 3.51. The summed E-state index contributed by atoms with van der Waals surface area (Å²) in [7, 11) is 0. The van der Waals surface area contributed by atoms with Gasteiger partial charge in [0.1, 0.15) is 12.2 Å². The first-order valence-electron chi connectivity index (χ1n) is 5.12. The third-order valence-electron chi connectivity index (χ3n) is 4.13. The van der Waals surface area contributed by atoms with Crippen molar-refractivity contribution in [2.75, 3.05) is 6.61 Å². The summed E-state index contributed by atoms with van der Waals surface area (Å²) in [4.78, 5) is 11.3. The first-order valence-corrected chi connectivity index (χ1v) is 5.12. The first-order chi connectivity index (χ1) is 6.23. The number of hydrogen-bond acceptors (Lipinski definition) is 3. The van der Waals surface area contributed by atoms with Crippen LogP contribution in [0.25, 0.3) is 0 Å². The van der Waals surface area contributed by atoms with E-state index >= 15 is 0 Å². The van der Waals surface area contributed by atoms with Crippen LogP contribution in [0.1, 0.15) is 25.7 Å². The van der Waals surface area contributed by atoms with E-state index in [0.717, 1.165) is 12.8 Å². The minimum atomic E-state index is -0.776. The van der Waals surface area contributed by atoms with Crippen molar-refractivity contribution in [1.82, 2.24) is 0 Å². The Morgan fingerprint density at radius 2 is 2.15 bits per heavy atom. The van der Waals surface area contributed by atoms with Crippen molar-refractivity contribution in [3.05, 3.63) is 0 Å². The van der Waals surface area contributed by atoms with E-state index in [-0.39, 0.29) is 18.5 Å². The van der Waals surface area contributed by atoms with Gasteiger partial charge in [-0.1, -0.05) is 12.8 Å². The highest BCUT2D eigenvalue weighted by molar-refractivity contribution is 5.78. The molecule has 0 radical (unpaired) electrons. The van der Waals surface area contributed by atoms with Gasteiger partial charge in [0, 0.05) is 0 Å². The molecule has 0 unspecified atom stereocenters. The van der Waals surface area contributed by atoms with Crippen LogP contribution in [0, 0.1) is 17.8 Å². The number of cyclic esters (lactones) is 1. The lowest BCUT2D eigenvalue weighted by molar-refractivity contribution is -0.188. The van der Waals surface area contributed by atoms with Crippen LogP contribution >= 0.6 is 0 Å². The lowest BCUT2D eigenvalue weighted by Gasteiger charge is -2.54. The van der Waals surface area contributed by atoms with Crippen LogP contribution in [0.15, 0.2) is 0 Å². The first kappa shape index (κ1) is 7.80. The van der Waals surface area contributed by atoms with Crippen LogP contribution in [0.3, 0.4) is 0 Å². The second-order valence-corrected chi connectivity index (χ2v) is 4.63. The highest BCUT2D eigenvalue weighted by Crippen LogP contribution is 2.59. The minimum absolute atomic E-state index is 0.161. The smallest absolute Gasteiger partial charge is 0.312 e. The van der Waals surface area contributed by atoms with Gasteiger partial charge in [-0.3, -0.25) is 4.79 Å². The van der Waals surface area contributed by atoms with E-state index in [2.05, 4.69) is 0 Å². The number of hydrogen-bond donors (Lipinski definition) is 1. The zero-order chi connectivity index (χ0) is 9.05. The second-order valence-electron chi connectivity index (χ2n) is 4.63. The predicted molar refractivity (Wildman–Crippen MR) is 44.8 cm³/mol. The van der Waals surface area contributed by atoms with Crippen LogP contribution in [0.5, 0.6) is 0 Å². The van der Waals surface area contributed by atoms with E-state index in [4.69, 9.17) is 4.74 Å². The monoisotopic (exact) mass is 182 g/mol. The maximum Gasteiger partial charge on any atom is 0.312 e. The fourth-order valence-corrected chi connectivity index (χ4v) is 3.51. The third-order valence-corrected chi connectivity index (χ3v) is 4.13. The highest BCUT2D eigenvalue weighted by atomic mass is 16.6. The lowest BCUT2D eigenvalue weighted by Crippen LogP contribution is -2.63. The standard InChI is InChI=1S/C10H14O3/c11-9-8-6-3-1-2-4-7(6)10(8,12)5-13-9/h6-8,12H,1-5H2/t6-,7+,8-,10+/m0/s1. The van der Waals surface area contributed by atoms with Gasteiger partial charge >= 0.3 is 5.97 Å². The number of fused-ring (bicyclic) bond motifs is 4. The molecule has 3 fully saturated rings. The van der Waals surface area contributed by atoms with Crippen molar-refractivity contribution < 1.29 is 14.6 Å². The Balaban J connectivity index is 1.91.